The molecule has 0 saturated carbocycles. The second-order valence-corrected chi connectivity index (χ2v) is 24.1. The number of rotatable bonds is 2. The van der Waals surface area contributed by atoms with Gasteiger partial charge in [0.2, 0.25) is 13.4 Å². The van der Waals surface area contributed by atoms with Crippen molar-refractivity contribution in [1.82, 2.24) is 0 Å². The number of furan rings is 2. The molecule has 16 rings (SSSR count). The molecule has 0 radical (unpaired) electrons. The summed E-state index contributed by atoms with van der Waals surface area (Å²) in [6, 6.07) is 56.9. The summed E-state index contributed by atoms with van der Waals surface area (Å²) in [6.45, 7) is 13.5. The fraction of sp³-hybridized carbons (Fsp3) is 0.129. The lowest BCUT2D eigenvalue weighted by Gasteiger charge is -2.49. The Bertz CT molecular complexity index is 3930. The molecule has 0 amide bonds. The van der Waals surface area contributed by atoms with Crippen LogP contribution in [0.25, 0.3) is 66.1 Å². The second-order valence-electron chi connectivity index (χ2n) is 22.0. The van der Waals surface area contributed by atoms with Gasteiger partial charge in [0.15, 0.2) is 22.7 Å². The average molecular weight is 936 g/mol. The minimum atomic E-state index is -0.0661. The van der Waals surface area contributed by atoms with Crippen molar-refractivity contribution in [1.29, 1.82) is 0 Å². The van der Waals surface area contributed by atoms with Gasteiger partial charge in [-0.2, -0.15) is 0 Å². The molecule has 0 fully saturated rings. The SMILES string of the molecule is CC(C)(C)c1ccc2c(c1)oc1c3c4c(cc12)B1c2cc(-c5ccccc5)ccc2Sc2cc5c6c(c21)N4c1c(cc2c(oc4cc(C(C)(C)C)ccc42)c1O3)B6c1cc(-c2ccccc2)ccc1S5. The van der Waals surface area contributed by atoms with Crippen LogP contribution in [0.15, 0.2) is 180 Å². The van der Waals surface area contributed by atoms with Crippen molar-refractivity contribution >= 4 is 131 Å². The van der Waals surface area contributed by atoms with Gasteiger partial charge in [-0.1, -0.05) is 197 Å². The normalized spacial score (nSPS) is 14.6. The van der Waals surface area contributed by atoms with E-state index in [9.17, 15) is 0 Å². The van der Waals surface area contributed by atoms with E-state index in [1.165, 1.54) is 91.4 Å². The summed E-state index contributed by atoms with van der Waals surface area (Å²) < 4.78 is 22.1. The van der Waals surface area contributed by atoms with Gasteiger partial charge in [-0.15, -0.1) is 0 Å². The summed E-state index contributed by atoms with van der Waals surface area (Å²) in [5.41, 5.74) is 21.8. The molecule has 0 bridgehead atoms. The second kappa shape index (κ2) is 13.4. The van der Waals surface area contributed by atoms with Gasteiger partial charge >= 0.3 is 0 Å². The van der Waals surface area contributed by atoms with Gasteiger partial charge in [0.05, 0.1) is 11.4 Å². The highest BCUT2D eigenvalue weighted by Gasteiger charge is 2.54. The minimum absolute atomic E-state index is 0.0494. The molecule has 332 valence electrons. The van der Waals surface area contributed by atoms with Crippen LogP contribution in [0.2, 0.25) is 0 Å². The third-order valence-corrected chi connectivity index (χ3v) is 18.2. The van der Waals surface area contributed by atoms with E-state index < -0.39 is 0 Å². The van der Waals surface area contributed by atoms with Crippen LogP contribution in [0.3, 0.4) is 0 Å². The lowest BCUT2D eigenvalue weighted by Crippen LogP contribution is -2.67. The molecule has 0 N–H and O–H groups in total. The molecular formula is C62H43B2NO3S2. The van der Waals surface area contributed by atoms with E-state index in [1.54, 1.807) is 0 Å². The van der Waals surface area contributed by atoms with Crippen molar-refractivity contribution in [3.8, 4) is 33.8 Å². The van der Waals surface area contributed by atoms with Crippen LogP contribution in [-0.4, -0.2) is 13.4 Å². The Labute approximate surface area is 415 Å². The zero-order chi connectivity index (χ0) is 46.7. The molecule has 8 heteroatoms. The highest BCUT2D eigenvalue weighted by Crippen LogP contribution is 2.59. The van der Waals surface area contributed by atoms with E-state index in [-0.39, 0.29) is 24.3 Å². The fourth-order valence-corrected chi connectivity index (χ4v) is 14.8. The molecule has 9 aromatic carbocycles. The van der Waals surface area contributed by atoms with Crippen molar-refractivity contribution in [2.24, 2.45) is 0 Å². The lowest BCUT2D eigenvalue weighted by molar-refractivity contribution is 0.466. The topological polar surface area (TPSA) is 38.8 Å². The maximum Gasteiger partial charge on any atom is 0.249 e. The predicted octanol–water partition coefficient (Wildman–Crippen LogP) is 13.6. The van der Waals surface area contributed by atoms with Crippen LogP contribution < -0.4 is 42.4 Å². The maximum atomic E-state index is 7.73. The van der Waals surface area contributed by atoms with Crippen LogP contribution in [0.4, 0.5) is 17.1 Å². The third-order valence-electron chi connectivity index (χ3n) is 15.9. The summed E-state index contributed by atoms with van der Waals surface area (Å²) in [7, 11) is 0. The Morgan fingerprint density at radius 3 is 1.30 bits per heavy atom. The quantitative estimate of drug-likeness (QED) is 0.161. The first-order chi connectivity index (χ1) is 33.9. The Kier molecular flexibility index (Phi) is 7.65. The first-order valence-electron chi connectivity index (χ1n) is 24.4. The van der Waals surface area contributed by atoms with Crippen LogP contribution in [0.5, 0.6) is 11.5 Å². The Hall–Kier alpha value is -6.99. The predicted molar refractivity (Wildman–Crippen MR) is 294 cm³/mol. The van der Waals surface area contributed by atoms with E-state index in [0.29, 0.717) is 0 Å². The molecule has 0 unspecified atom stereocenters. The van der Waals surface area contributed by atoms with Crippen LogP contribution >= 0.6 is 23.5 Å². The van der Waals surface area contributed by atoms with Gasteiger partial charge in [-0.3, -0.25) is 0 Å². The number of nitrogens with zero attached hydrogens (tertiary/aromatic N) is 1. The minimum Gasteiger partial charge on any atom is -0.452 e. The van der Waals surface area contributed by atoms with Crippen LogP contribution in [0, 0.1) is 0 Å². The van der Waals surface area contributed by atoms with Crippen molar-refractivity contribution in [2.45, 2.75) is 72.0 Å². The van der Waals surface area contributed by atoms with Crippen molar-refractivity contribution < 1.29 is 13.6 Å². The molecule has 11 aromatic rings. The molecule has 70 heavy (non-hydrogen) atoms. The smallest absolute Gasteiger partial charge is 0.249 e. The maximum absolute atomic E-state index is 7.73. The van der Waals surface area contributed by atoms with Crippen molar-refractivity contribution in [2.75, 3.05) is 4.90 Å². The summed E-state index contributed by atoms with van der Waals surface area (Å²) in [5.74, 6) is 1.50. The largest absolute Gasteiger partial charge is 0.452 e. The summed E-state index contributed by atoms with van der Waals surface area (Å²) in [6.07, 6.45) is 0. The number of ether oxygens (including phenoxy) is 1. The van der Waals surface area contributed by atoms with Gasteiger partial charge in [0, 0.05) is 46.8 Å². The molecule has 2 aromatic heterocycles. The number of benzene rings is 9. The fourth-order valence-electron chi connectivity index (χ4n) is 12.4. The zero-order valence-corrected chi connectivity index (χ0v) is 41.2. The first kappa shape index (κ1) is 39.8. The standard InChI is InChI=1S/C62H43B2NO3S2/c1-61(2,3)36-19-21-38-40-29-44-54-59(57(40)66-46(38)27-36)68-60-55-45(30-41-39-22-20-37(62(4,5)6)28-47(39)67-58(41)60)64-43-26-35(33-15-11-8-12-16-33)18-24-49(43)70-51-31-50-52(56(53(51)64)65(54)55)63(44)42-25-34(17-23-48(42)69-50)32-13-9-7-10-14-32/h7-31H,1-6H3. The molecule has 0 saturated heterocycles. The summed E-state index contributed by atoms with van der Waals surface area (Å²) in [5, 5.41) is 4.31. The summed E-state index contributed by atoms with van der Waals surface area (Å²) >= 11 is 3.84. The number of fused-ring (bicyclic) bond motifs is 14. The highest BCUT2D eigenvalue weighted by molar-refractivity contribution is 8.01. The van der Waals surface area contributed by atoms with Crippen LogP contribution in [0.1, 0.15) is 52.7 Å². The molecule has 0 spiro atoms. The van der Waals surface area contributed by atoms with Crippen molar-refractivity contribution in [3.05, 3.63) is 163 Å². The molecule has 0 aliphatic carbocycles. The van der Waals surface area contributed by atoms with Gasteiger partial charge < -0.3 is 18.5 Å². The highest BCUT2D eigenvalue weighted by atomic mass is 32.2. The van der Waals surface area contributed by atoms with E-state index in [2.05, 4.69) is 198 Å². The van der Waals surface area contributed by atoms with Gasteiger partial charge in [0.1, 0.15) is 11.2 Å². The van der Waals surface area contributed by atoms with E-state index in [4.69, 9.17) is 13.6 Å². The molecule has 5 aliphatic rings. The Morgan fingerprint density at radius 1 is 0.400 bits per heavy atom. The Balaban J connectivity index is 1.06. The zero-order valence-electron chi connectivity index (χ0n) is 39.6. The van der Waals surface area contributed by atoms with Gasteiger partial charge in [-0.25, -0.2) is 0 Å². The molecule has 4 nitrogen and oxygen atoms in total. The number of hydrogen-bond acceptors (Lipinski definition) is 6. The monoisotopic (exact) mass is 935 g/mol. The van der Waals surface area contributed by atoms with Crippen LogP contribution in [-0.2, 0) is 10.8 Å². The van der Waals surface area contributed by atoms with E-state index in [0.717, 1.165) is 66.8 Å². The lowest BCUT2D eigenvalue weighted by atomic mass is 9.30. The molecule has 5 aliphatic heterocycles. The third kappa shape index (κ3) is 5.23. The Morgan fingerprint density at radius 2 is 0.857 bits per heavy atom. The van der Waals surface area contributed by atoms with E-state index >= 15 is 0 Å². The molecule has 7 heterocycles. The molecular weight excluding hydrogens is 892 g/mol. The molecule has 0 atom stereocenters. The van der Waals surface area contributed by atoms with E-state index in [1.807, 2.05) is 23.5 Å². The van der Waals surface area contributed by atoms with Gasteiger partial charge in [-0.05, 0) is 96.4 Å². The van der Waals surface area contributed by atoms with Gasteiger partial charge in [0.25, 0.3) is 0 Å². The summed E-state index contributed by atoms with van der Waals surface area (Å²) in [4.78, 5) is 7.80. The first-order valence-corrected chi connectivity index (χ1v) is 26.1. The average Bonchev–Trinajstić information content (AvgIpc) is 3.93. The van der Waals surface area contributed by atoms with Crippen molar-refractivity contribution in [3.63, 3.8) is 0 Å². The number of hydrogen-bond donors (Lipinski definition) is 0. The number of anilines is 3.